The largest absolute Gasteiger partial charge is 0.374 e. The molecular formula is C13H29NO. The maximum absolute atomic E-state index is 5.78. The van der Waals surface area contributed by atoms with Crippen molar-refractivity contribution < 1.29 is 4.74 Å². The van der Waals surface area contributed by atoms with Crippen molar-refractivity contribution in [3.63, 3.8) is 0 Å². The van der Waals surface area contributed by atoms with Crippen molar-refractivity contribution in [3.8, 4) is 0 Å². The molecule has 0 aromatic rings. The Balaban J connectivity index is 3.89. The predicted molar refractivity (Wildman–Crippen MR) is 67.3 cm³/mol. The second-order valence-corrected chi connectivity index (χ2v) is 4.73. The van der Waals surface area contributed by atoms with E-state index < -0.39 is 0 Å². The number of nitrogens with one attached hydrogen (secondary N) is 1. The topological polar surface area (TPSA) is 21.3 Å². The van der Waals surface area contributed by atoms with Crippen molar-refractivity contribution in [1.82, 2.24) is 5.32 Å². The van der Waals surface area contributed by atoms with Gasteiger partial charge >= 0.3 is 0 Å². The highest BCUT2D eigenvalue weighted by Crippen LogP contribution is 2.19. The smallest absolute Gasteiger partial charge is 0.0778 e. The van der Waals surface area contributed by atoms with E-state index in [4.69, 9.17) is 4.74 Å². The molecule has 0 aliphatic rings. The molecule has 0 aromatic carbocycles. The summed E-state index contributed by atoms with van der Waals surface area (Å²) >= 11 is 0. The molecule has 1 atom stereocenters. The van der Waals surface area contributed by atoms with Crippen molar-refractivity contribution in [2.45, 2.75) is 71.4 Å². The molecule has 0 fully saturated rings. The zero-order chi connectivity index (χ0) is 11.7. The van der Waals surface area contributed by atoms with Gasteiger partial charge in [0.05, 0.1) is 5.60 Å². The van der Waals surface area contributed by atoms with E-state index in [1.54, 1.807) is 0 Å². The van der Waals surface area contributed by atoms with Gasteiger partial charge in [-0.05, 0) is 34.2 Å². The Morgan fingerprint density at radius 2 is 1.80 bits per heavy atom. The van der Waals surface area contributed by atoms with Crippen LogP contribution in [0.25, 0.3) is 0 Å². The lowest BCUT2D eigenvalue weighted by Crippen LogP contribution is -2.47. The monoisotopic (exact) mass is 215 g/mol. The number of likely N-dealkylation sites (N-methyl/N-ethyl adjacent to an activating group) is 1. The maximum atomic E-state index is 5.78. The van der Waals surface area contributed by atoms with Gasteiger partial charge in [0, 0.05) is 12.6 Å². The van der Waals surface area contributed by atoms with Gasteiger partial charge in [0.25, 0.3) is 0 Å². The molecule has 1 N–H and O–H groups in total. The van der Waals surface area contributed by atoms with Gasteiger partial charge in [-0.3, -0.25) is 0 Å². The Morgan fingerprint density at radius 3 is 2.27 bits per heavy atom. The Morgan fingerprint density at radius 1 is 1.13 bits per heavy atom. The molecule has 15 heavy (non-hydrogen) atoms. The summed E-state index contributed by atoms with van der Waals surface area (Å²) < 4.78 is 5.78. The van der Waals surface area contributed by atoms with E-state index >= 15 is 0 Å². The van der Waals surface area contributed by atoms with Gasteiger partial charge < -0.3 is 10.1 Å². The highest BCUT2D eigenvalue weighted by atomic mass is 16.5. The average Bonchev–Trinajstić information content (AvgIpc) is 2.17. The molecule has 92 valence electrons. The van der Waals surface area contributed by atoms with Crippen LogP contribution >= 0.6 is 0 Å². The van der Waals surface area contributed by atoms with E-state index in [1.165, 1.54) is 32.1 Å². The minimum Gasteiger partial charge on any atom is -0.374 e. The lowest BCUT2D eigenvalue weighted by molar-refractivity contribution is -0.0388. The van der Waals surface area contributed by atoms with Crippen molar-refractivity contribution in [2.24, 2.45) is 0 Å². The number of hydrogen-bond acceptors (Lipinski definition) is 2. The van der Waals surface area contributed by atoms with Crippen LogP contribution in [0.1, 0.15) is 59.8 Å². The molecule has 0 bridgehead atoms. The summed E-state index contributed by atoms with van der Waals surface area (Å²) in [7, 11) is 2.03. The van der Waals surface area contributed by atoms with Gasteiger partial charge in [-0.15, -0.1) is 0 Å². The maximum Gasteiger partial charge on any atom is 0.0778 e. The molecule has 0 aliphatic carbocycles. The zero-order valence-corrected chi connectivity index (χ0v) is 11.2. The minimum atomic E-state index is -0.0459. The van der Waals surface area contributed by atoms with Gasteiger partial charge in [0.2, 0.25) is 0 Å². The fraction of sp³-hybridized carbons (Fsp3) is 1.00. The van der Waals surface area contributed by atoms with Gasteiger partial charge in [0.1, 0.15) is 0 Å². The van der Waals surface area contributed by atoms with Crippen molar-refractivity contribution in [3.05, 3.63) is 0 Å². The minimum absolute atomic E-state index is 0.0459. The standard InChI is InChI=1S/C13H29NO/c1-6-8-9-10-11-12(14-5)13(3,4)15-7-2/h12,14H,6-11H2,1-5H3. The summed E-state index contributed by atoms with van der Waals surface area (Å²) in [5.74, 6) is 0. The SMILES string of the molecule is CCCCCCC(NC)C(C)(C)OCC. The highest BCUT2D eigenvalue weighted by molar-refractivity contribution is 4.84. The van der Waals surface area contributed by atoms with Gasteiger partial charge in [-0.1, -0.05) is 32.6 Å². The first-order valence-electron chi connectivity index (χ1n) is 6.39. The molecule has 0 amide bonds. The molecule has 2 heteroatoms. The van der Waals surface area contributed by atoms with E-state index in [9.17, 15) is 0 Å². The molecule has 0 saturated heterocycles. The Labute approximate surface area is 95.8 Å². The molecule has 1 unspecified atom stereocenters. The number of rotatable bonds is 9. The van der Waals surface area contributed by atoms with Gasteiger partial charge in [0.15, 0.2) is 0 Å². The lowest BCUT2D eigenvalue weighted by Gasteiger charge is -2.34. The van der Waals surface area contributed by atoms with Crippen LogP contribution in [0.3, 0.4) is 0 Å². The summed E-state index contributed by atoms with van der Waals surface area (Å²) in [6.45, 7) is 9.46. The molecule has 0 aromatic heterocycles. The summed E-state index contributed by atoms with van der Waals surface area (Å²) in [5, 5.41) is 3.38. The Kier molecular flexibility index (Phi) is 8.07. The molecule has 0 aliphatic heterocycles. The Bertz CT molecular complexity index is 145. The average molecular weight is 215 g/mol. The fourth-order valence-corrected chi connectivity index (χ4v) is 2.09. The summed E-state index contributed by atoms with van der Waals surface area (Å²) in [6, 6.07) is 0.467. The van der Waals surface area contributed by atoms with Crippen molar-refractivity contribution >= 4 is 0 Å². The number of hydrogen-bond donors (Lipinski definition) is 1. The molecule has 0 rings (SSSR count). The van der Waals surface area contributed by atoms with Crippen LogP contribution in [0.15, 0.2) is 0 Å². The normalized spacial score (nSPS) is 14.2. The van der Waals surface area contributed by atoms with Crippen LogP contribution in [0.5, 0.6) is 0 Å². The molecule has 0 spiro atoms. The molecule has 0 radical (unpaired) electrons. The van der Waals surface area contributed by atoms with E-state index in [1.807, 2.05) is 7.05 Å². The first-order valence-corrected chi connectivity index (χ1v) is 6.39. The zero-order valence-electron chi connectivity index (χ0n) is 11.2. The summed E-state index contributed by atoms with van der Waals surface area (Å²) in [5.41, 5.74) is -0.0459. The third kappa shape index (κ3) is 6.16. The van der Waals surface area contributed by atoms with Gasteiger partial charge in [-0.2, -0.15) is 0 Å². The van der Waals surface area contributed by atoms with Crippen molar-refractivity contribution in [2.75, 3.05) is 13.7 Å². The van der Waals surface area contributed by atoms with E-state index in [0.29, 0.717) is 6.04 Å². The molecule has 0 saturated carbocycles. The van der Waals surface area contributed by atoms with Crippen LogP contribution < -0.4 is 5.32 Å². The third-order valence-electron chi connectivity index (χ3n) is 3.05. The molecule has 2 nitrogen and oxygen atoms in total. The van der Waals surface area contributed by atoms with Crippen LogP contribution in [0.4, 0.5) is 0 Å². The van der Waals surface area contributed by atoms with E-state index in [-0.39, 0.29) is 5.60 Å². The second-order valence-electron chi connectivity index (χ2n) is 4.73. The lowest BCUT2D eigenvalue weighted by atomic mass is 9.93. The van der Waals surface area contributed by atoms with Gasteiger partial charge in [-0.25, -0.2) is 0 Å². The van der Waals surface area contributed by atoms with Crippen LogP contribution in [0.2, 0.25) is 0 Å². The first kappa shape index (κ1) is 14.9. The highest BCUT2D eigenvalue weighted by Gasteiger charge is 2.27. The Hall–Kier alpha value is -0.0800. The number of unbranched alkanes of at least 4 members (excludes halogenated alkanes) is 3. The predicted octanol–water partition coefficient (Wildman–Crippen LogP) is 3.36. The van der Waals surface area contributed by atoms with Crippen LogP contribution in [-0.2, 0) is 4.74 Å². The third-order valence-corrected chi connectivity index (χ3v) is 3.05. The second kappa shape index (κ2) is 8.12. The number of ether oxygens (including phenoxy) is 1. The summed E-state index contributed by atoms with van der Waals surface area (Å²) in [4.78, 5) is 0. The fourth-order valence-electron chi connectivity index (χ4n) is 2.09. The van der Waals surface area contributed by atoms with Crippen molar-refractivity contribution in [1.29, 1.82) is 0 Å². The molecular weight excluding hydrogens is 186 g/mol. The van der Waals surface area contributed by atoms with Crippen LogP contribution in [0, 0.1) is 0 Å². The first-order chi connectivity index (χ1) is 7.08. The van der Waals surface area contributed by atoms with E-state index in [0.717, 1.165) is 6.61 Å². The van der Waals surface area contributed by atoms with Crippen LogP contribution in [-0.4, -0.2) is 25.3 Å². The van der Waals surface area contributed by atoms with E-state index in [2.05, 4.69) is 33.0 Å². The quantitative estimate of drug-likeness (QED) is 0.595. The summed E-state index contributed by atoms with van der Waals surface area (Å²) in [6.07, 6.45) is 6.51. The molecule has 0 heterocycles.